The van der Waals surface area contributed by atoms with Crippen LogP contribution in [0.2, 0.25) is 5.02 Å². The van der Waals surface area contributed by atoms with Gasteiger partial charge in [-0.15, -0.1) is 0 Å². The zero-order chi connectivity index (χ0) is 16.8. The van der Waals surface area contributed by atoms with E-state index in [-0.39, 0.29) is 16.8 Å². The highest BCUT2D eigenvalue weighted by molar-refractivity contribution is 6.31. The number of carbonyl (C=O) groups excluding carboxylic acids is 2. The van der Waals surface area contributed by atoms with Gasteiger partial charge in [0.05, 0.1) is 5.02 Å². The fourth-order valence-electron chi connectivity index (χ4n) is 2.67. The van der Waals surface area contributed by atoms with E-state index in [1.165, 1.54) is 18.2 Å². The molecule has 0 spiro atoms. The number of amides is 2. The summed E-state index contributed by atoms with van der Waals surface area (Å²) < 4.78 is 13.2. The minimum atomic E-state index is -0.535. The molecule has 0 unspecified atom stereocenters. The first-order valence-electron chi connectivity index (χ1n) is 8.05. The quantitative estimate of drug-likeness (QED) is 0.843. The van der Waals surface area contributed by atoms with Crippen LogP contribution in [0.3, 0.4) is 0 Å². The largest absolute Gasteiger partial charge is 0.341 e. The molecule has 0 radical (unpaired) electrons. The Kier molecular flexibility index (Phi) is 6.39. The number of rotatable bonds is 4. The molecule has 0 aromatic heterocycles. The van der Waals surface area contributed by atoms with Crippen molar-refractivity contribution in [2.75, 3.05) is 26.2 Å². The van der Waals surface area contributed by atoms with Crippen LogP contribution in [-0.2, 0) is 4.79 Å². The molecule has 2 amide bonds. The summed E-state index contributed by atoms with van der Waals surface area (Å²) in [6.45, 7) is 4.36. The molecule has 126 valence electrons. The summed E-state index contributed by atoms with van der Waals surface area (Å²) in [6, 6.07) is 4.00. The summed E-state index contributed by atoms with van der Waals surface area (Å²) in [5.41, 5.74) is 0.377. The normalized spacial score (nSPS) is 15.4. The van der Waals surface area contributed by atoms with E-state index >= 15 is 0 Å². The first-order valence-corrected chi connectivity index (χ1v) is 8.42. The van der Waals surface area contributed by atoms with Crippen molar-refractivity contribution in [1.82, 2.24) is 9.80 Å². The molecule has 1 aliphatic heterocycles. The van der Waals surface area contributed by atoms with Gasteiger partial charge in [0.2, 0.25) is 5.91 Å². The van der Waals surface area contributed by atoms with E-state index in [1.54, 1.807) is 4.90 Å². The van der Waals surface area contributed by atoms with Crippen molar-refractivity contribution in [2.24, 2.45) is 0 Å². The molecule has 0 N–H and O–H groups in total. The molecule has 1 aliphatic rings. The van der Waals surface area contributed by atoms with Gasteiger partial charge in [0.25, 0.3) is 5.91 Å². The van der Waals surface area contributed by atoms with Gasteiger partial charge in [-0.25, -0.2) is 4.39 Å². The second kappa shape index (κ2) is 8.29. The van der Waals surface area contributed by atoms with Crippen LogP contribution in [0.5, 0.6) is 0 Å². The molecule has 0 saturated carbocycles. The highest BCUT2D eigenvalue weighted by Gasteiger charge is 2.22. The highest BCUT2D eigenvalue weighted by atomic mass is 35.5. The number of benzene rings is 1. The molecular formula is C17H22ClFN2O2. The number of hydrogen-bond donors (Lipinski definition) is 0. The third-order valence-corrected chi connectivity index (χ3v) is 4.34. The number of hydrogen-bond acceptors (Lipinski definition) is 2. The zero-order valence-electron chi connectivity index (χ0n) is 13.4. The number of carbonyl (C=O) groups is 2. The topological polar surface area (TPSA) is 40.6 Å². The lowest BCUT2D eigenvalue weighted by atomic mass is 10.2. The van der Waals surface area contributed by atoms with Crippen LogP contribution in [-0.4, -0.2) is 47.8 Å². The predicted molar refractivity (Wildman–Crippen MR) is 88.0 cm³/mol. The molecule has 1 heterocycles. The lowest BCUT2D eigenvalue weighted by Crippen LogP contribution is -2.37. The third kappa shape index (κ3) is 4.67. The second-order valence-electron chi connectivity index (χ2n) is 5.76. The molecule has 1 aromatic rings. The van der Waals surface area contributed by atoms with E-state index in [4.69, 9.17) is 11.6 Å². The molecule has 6 heteroatoms. The highest BCUT2D eigenvalue weighted by Crippen LogP contribution is 2.18. The van der Waals surface area contributed by atoms with Crippen LogP contribution in [0.25, 0.3) is 0 Å². The summed E-state index contributed by atoms with van der Waals surface area (Å²) in [5, 5.41) is -0.0537. The Hall–Kier alpha value is -1.62. The first kappa shape index (κ1) is 17.7. The van der Waals surface area contributed by atoms with Crippen LogP contribution in [0, 0.1) is 5.82 Å². The average molecular weight is 341 g/mol. The van der Waals surface area contributed by atoms with Gasteiger partial charge >= 0.3 is 0 Å². The van der Waals surface area contributed by atoms with Gasteiger partial charge in [0, 0.05) is 38.2 Å². The Morgan fingerprint density at radius 1 is 1.17 bits per heavy atom. The van der Waals surface area contributed by atoms with Gasteiger partial charge in [-0.1, -0.05) is 24.9 Å². The predicted octanol–water partition coefficient (Wildman–Crippen LogP) is 3.34. The fourth-order valence-corrected chi connectivity index (χ4v) is 2.85. The second-order valence-corrected chi connectivity index (χ2v) is 6.17. The van der Waals surface area contributed by atoms with Crippen molar-refractivity contribution in [1.29, 1.82) is 0 Å². The summed E-state index contributed by atoms with van der Waals surface area (Å²) in [7, 11) is 0. The van der Waals surface area contributed by atoms with Gasteiger partial charge in [0.1, 0.15) is 5.82 Å². The summed E-state index contributed by atoms with van der Waals surface area (Å²) >= 11 is 5.74. The van der Waals surface area contributed by atoms with E-state index in [1.807, 2.05) is 4.90 Å². The maximum Gasteiger partial charge on any atom is 0.253 e. The summed E-state index contributed by atoms with van der Waals surface area (Å²) in [4.78, 5) is 28.1. The van der Waals surface area contributed by atoms with Crippen molar-refractivity contribution in [3.05, 3.63) is 34.6 Å². The monoisotopic (exact) mass is 340 g/mol. The van der Waals surface area contributed by atoms with Crippen LogP contribution >= 0.6 is 11.6 Å². The summed E-state index contributed by atoms with van der Waals surface area (Å²) in [6.07, 6.45) is 3.21. The molecule has 1 aromatic carbocycles. The Balaban J connectivity index is 1.98. The van der Waals surface area contributed by atoms with Crippen molar-refractivity contribution >= 4 is 23.4 Å². The Morgan fingerprint density at radius 3 is 2.57 bits per heavy atom. The number of unbranched alkanes of at least 4 members (excludes halogenated alkanes) is 1. The SMILES string of the molecule is CCCCC(=O)N1CCCN(C(=O)c2ccc(F)c(Cl)c2)CC1. The molecule has 2 rings (SSSR count). The van der Waals surface area contributed by atoms with Crippen LogP contribution in [0.4, 0.5) is 4.39 Å². The van der Waals surface area contributed by atoms with Gasteiger partial charge in [0.15, 0.2) is 0 Å². The molecule has 1 fully saturated rings. The molecule has 0 aliphatic carbocycles. The standard InChI is InChI=1S/C17H22ClFN2O2/c1-2-3-5-16(22)20-8-4-9-21(11-10-20)17(23)13-6-7-15(19)14(18)12-13/h6-7,12H,2-5,8-11H2,1H3. The van der Waals surface area contributed by atoms with Gasteiger partial charge < -0.3 is 9.80 Å². The van der Waals surface area contributed by atoms with Gasteiger partial charge in [-0.2, -0.15) is 0 Å². The molecule has 23 heavy (non-hydrogen) atoms. The smallest absolute Gasteiger partial charge is 0.253 e. The molecule has 0 atom stereocenters. The Bertz CT molecular complexity index is 580. The van der Waals surface area contributed by atoms with Crippen molar-refractivity contribution in [3.8, 4) is 0 Å². The average Bonchev–Trinajstić information content (AvgIpc) is 2.80. The zero-order valence-corrected chi connectivity index (χ0v) is 14.1. The van der Waals surface area contributed by atoms with Crippen LogP contribution in [0.15, 0.2) is 18.2 Å². The van der Waals surface area contributed by atoms with E-state index in [9.17, 15) is 14.0 Å². The van der Waals surface area contributed by atoms with Gasteiger partial charge in [-0.3, -0.25) is 9.59 Å². The lowest BCUT2D eigenvalue weighted by Gasteiger charge is -2.22. The van der Waals surface area contributed by atoms with Gasteiger partial charge in [-0.05, 0) is 31.0 Å². The number of nitrogens with zero attached hydrogens (tertiary/aromatic N) is 2. The van der Waals surface area contributed by atoms with E-state index in [0.29, 0.717) is 38.2 Å². The number of halogens is 2. The van der Waals surface area contributed by atoms with Crippen LogP contribution < -0.4 is 0 Å². The summed E-state index contributed by atoms with van der Waals surface area (Å²) in [5.74, 6) is -0.549. The van der Waals surface area contributed by atoms with E-state index < -0.39 is 5.82 Å². The third-order valence-electron chi connectivity index (χ3n) is 4.05. The molecule has 4 nitrogen and oxygen atoms in total. The van der Waals surface area contributed by atoms with Crippen LogP contribution in [0.1, 0.15) is 43.0 Å². The van der Waals surface area contributed by atoms with Crippen molar-refractivity contribution in [2.45, 2.75) is 32.6 Å². The minimum Gasteiger partial charge on any atom is -0.341 e. The van der Waals surface area contributed by atoms with Crippen molar-refractivity contribution in [3.63, 3.8) is 0 Å². The molecule has 1 saturated heterocycles. The van der Waals surface area contributed by atoms with Crippen molar-refractivity contribution < 1.29 is 14.0 Å². The molecular weight excluding hydrogens is 319 g/mol. The Morgan fingerprint density at radius 2 is 1.87 bits per heavy atom. The Labute approximate surface area is 141 Å². The molecule has 0 bridgehead atoms. The maximum absolute atomic E-state index is 13.2. The lowest BCUT2D eigenvalue weighted by molar-refractivity contribution is -0.131. The maximum atomic E-state index is 13.2. The first-order chi connectivity index (χ1) is 11.0. The fraction of sp³-hybridized carbons (Fsp3) is 0.529. The minimum absolute atomic E-state index is 0.0537. The van der Waals surface area contributed by atoms with E-state index in [0.717, 1.165) is 19.3 Å². The van der Waals surface area contributed by atoms with E-state index in [2.05, 4.69) is 6.92 Å².